The topological polar surface area (TPSA) is 67.1 Å². The number of hydrogen-bond donors (Lipinski definition) is 3. The van der Waals surface area contributed by atoms with Crippen molar-refractivity contribution >= 4 is 29.7 Å². The normalized spacial score (nSPS) is 10.8. The summed E-state index contributed by atoms with van der Waals surface area (Å²) in [5, 5.41) is 5.58. The Bertz CT molecular complexity index is 495. The summed E-state index contributed by atoms with van der Waals surface area (Å²) < 4.78 is 38.4. The van der Waals surface area contributed by atoms with Gasteiger partial charge in [-0.15, -0.1) is 12.4 Å². The van der Waals surface area contributed by atoms with E-state index in [0.717, 1.165) is 25.0 Å². The number of halogens is 4. The lowest BCUT2D eigenvalue weighted by atomic mass is 10.1. The second-order valence-corrected chi connectivity index (χ2v) is 4.98. The highest BCUT2D eigenvalue weighted by Gasteiger charge is 2.31. The highest BCUT2D eigenvalue weighted by atomic mass is 35.5. The van der Waals surface area contributed by atoms with E-state index in [9.17, 15) is 18.0 Å². The summed E-state index contributed by atoms with van der Waals surface area (Å²) >= 11 is 0. The van der Waals surface area contributed by atoms with Gasteiger partial charge in [0.05, 0.1) is 16.9 Å². The molecule has 0 fully saturated rings. The molecule has 4 nitrogen and oxygen atoms in total. The van der Waals surface area contributed by atoms with Crippen LogP contribution in [0.2, 0.25) is 0 Å². The van der Waals surface area contributed by atoms with Crippen LogP contribution >= 0.6 is 12.4 Å². The van der Waals surface area contributed by atoms with Gasteiger partial charge in [-0.2, -0.15) is 13.2 Å². The van der Waals surface area contributed by atoms with Crippen molar-refractivity contribution in [3.8, 4) is 0 Å². The van der Waals surface area contributed by atoms with Crippen LogP contribution < -0.4 is 16.4 Å². The van der Waals surface area contributed by atoms with Crippen LogP contribution in [0.25, 0.3) is 0 Å². The molecule has 1 amide bonds. The maximum absolute atomic E-state index is 12.8. The Balaban J connectivity index is 0.00000484. The summed E-state index contributed by atoms with van der Waals surface area (Å²) in [5.74, 6) is -0.344. The average Bonchev–Trinajstić information content (AvgIpc) is 2.45. The number of alkyl halides is 3. The second-order valence-electron chi connectivity index (χ2n) is 4.98. The number of rotatable bonds is 8. The van der Waals surface area contributed by atoms with Crippen molar-refractivity contribution in [1.29, 1.82) is 0 Å². The van der Waals surface area contributed by atoms with E-state index in [-0.39, 0.29) is 30.4 Å². The Morgan fingerprint density at radius 2 is 1.91 bits per heavy atom. The van der Waals surface area contributed by atoms with Gasteiger partial charge in [0.1, 0.15) is 0 Å². The van der Waals surface area contributed by atoms with E-state index in [2.05, 4.69) is 10.6 Å². The van der Waals surface area contributed by atoms with Crippen molar-refractivity contribution < 1.29 is 18.0 Å². The van der Waals surface area contributed by atoms with E-state index in [1.54, 1.807) is 0 Å². The van der Waals surface area contributed by atoms with E-state index in [1.165, 1.54) is 6.07 Å². The quantitative estimate of drug-likeness (QED) is 0.618. The highest BCUT2D eigenvalue weighted by Crippen LogP contribution is 2.34. The minimum atomic E-state index is -4.45. The largest absolute Gasteiger partial charge is 0.416 e. The van der Waals surface area contributed by atoms with Crippen molar-refractivity contribution in [2.75, 3.05) is 23.7 Å². The Kier molecular flexibility index (Phi) is 9.67. The summed E-state index contributed by atoms with van der Waals surface area (Å²) in [5.41, 5.74) is 5.17. The number of nitrogens with one attached hydrogen (secondary N) is 2. The zero-order chi connectivity index (χ0) is 16.6. The molecule has 0 bridgehead atoms. The van der Waals surface area contributed by atoms with Gasteiger partial charge in [0.15, 0.2) is 0 Å². The number of hydrogen-bond acceptors (Lipinski definition) is 3. The molecule has 23 heavy (non-hydrogen) atoms. The van der Waals surface area contributed by atoms with Crippen LogP contribution in [0.15, 0.2) is 18.2 Å². The van der Waals surface area contributed by atoms with Gasteiger partial charge >= 0.3 is 6.18 Å². The Morgan fingerprint density at radius 3 is 2.48 bits per heavy atom. The van der Waals surface area contributed by atoms with Gasteiger partial charge in [-0.1, -0.05) is 13.3 Å². The van der Waals surface area contributed by atoms with Gasteiger partial charge in [0, 0.05) is 13.0 Å². The summed E-state index contributed by atoms with van der Waals surface area (Å²) in [4.78, 5) is 11.7. The minimum absolute atomic E-state index is 0. The molecule has 0 aromatic heterocycles. The Morgan fingerprint density at radius 1 is 1.22 bits per heavy atom. The molecule has 0 atom stereocenters. The molecule has 0 unspecified atom stereocenters. The monoisotopic (exact) mass is 353 g/mol. The van der Waals surface area contributed by atoms with Gasteiger partial charge in [-0.05, 0) is 37.6 Å². The lowest BCUT2D eigenvalue weighted by Crippen LogP contribution is -2.16. The molecule has 0 spiro atoms. The summed E-state index contributed by atoms with van der Waals surface area (Å²) in [7, 11) is 0. The van der Waals surface area contributed by atoms with Crippen LogP contribution in [-0.4, -0.2) is 19.0 Å². The minimum Gasteiger partial charge on any atom is -0.383 e. The fraction of sp³-hybridized carbons (Fsp3) is 0.533. The van der Waals surface area contributed by atoms with Gasteiger partial charge < -0.3 is 16.4 Å². The van der Waals surface area contributed by atoms with E-state index in [1.807, 2.05) is 6.92 Å². The molecule has 0 saturated heterocycles. The summed E-state index contributed by atoms with van der Waals surface area (Å²) in [6, 6.07) is 3.30. The van der Waals surface area contributed by atoms with Gasteiger partial charge in [0.2, 0.25) is 5.91 Å². The smallest absolute Gasteiger partial charge is 0.383 e. The van der Waals surface area contributed by atoms with Crippen molar-refractivity contribution in [3.63, 3.8) is 0 Å². The van der Waals surface area contributed by atoms with Crippen LogP contribution in [-0.2, 0) is 11.0 Å². The molecule has 1 aromatic carbocycles. The SMILES string of the molecule is CCCCNc1ccc(C(F)(F)F)cc1NC(=O)CCCN.Cl. The maximum Gasteiger partial charge on any atom is 0.416 e. The zero-order valence-electron chi connectivity index (χ0n) is 13.0. The van der Waals surface area contributed by atoms with Crippen LogP contribution in [0.5, 0.6) is 0 Å². The number of carbonyl (C=O) groups is 1. The fourth-order valence-corrected chi connectivity index (χ4v) is 1.85. The molecule has 0 radical (unpaired) electrons. The first-order valence-electron chi connectivity index (χ1n) is 7.33. The first kappa shape index (κ1) is 21.5. The van der Waals surface area contributed by atoms with Gasteiger partial charge in [0.25, 0.3) is 0 Å². The maximum atomic E-state index is 12.8. The van der Waals surface area contributed by atoms with Crippen molar-refractivity contribution in [3.05, 3.63) is 23.8 Å². The summed E-state index contributed by atoms with van der Waals surface area (Å²) in [6.45, 7) is 3.01. The molecule has 0 saturated carbocycles. The molecule has 0 aliphatic heterocycles. The van der Waals surface area contributed by atoms with E-state index >= 15 is 0 Å². The zero-order valence-corrected chi connectivity index (χ0v) is 13.8. The molecule has 8 heteroatoms. The Hall–Kier alpha value is -1.47. The first-order chi connectivity index (χ1) is 10.4. The van der Waals surface area contributed by atoms with Crippen LogP contribution in [0.4, 0.5) is 24.5 Å². The van der Waals surface area contributed by atoms with E-state index in [0.29, 0.717) is 25.2 Å². The number of amides is 1. The predicted octanol–water partition coefficient (Wildman–Crippen LogP) is 4.02. The first-order valence-corrected chi connectivity index (χ1v) is 7.33. The lowest BCUT2D eigenvalue weighted by molar-refractivity contribution is -0.137. The number of benzene rings is 1. The molecule has 4 N–H and O–H groups in total. The van der Waals surface area contributed by atoms with E-state index < -0.39 is 11.7 Å². The third-order valence-corrected chi connectivity index (χ3v) is 3.07. The van der Waals surface area contributed by atoms with Gasteiger partial charge in [-0.25, -0.2) is 0 Å². The average molecular weight is 354 g/mol. The molecule has 1 aromatic rings. The van der Waals surface area contributed by atoms with Crippen molar-refractivity contribution in [2.24, 2.45) is 5.73 Å². The number of anilines is 2. The number of carbonyl (C=O) groups excluding carboxylic acids is 1. The number of unbranched alkanes of at least 4 members (excludes halogenated alkanes) is 1. The van der Waals surface area contributed by atoms with Crippen molar-refractivity contribution in [2.45, 2.75) is 38.8 Å². The van der Waals surface area contributed by atoms with Crippen LogP contribution in [0.3, 0.4) is 0 Å². The summed E-state index contributed by atoms with van der Waals surface area (Å²) in [6.07, 6.45) is -1.92. The molecule has 0 heterocycles. The fourth-order valence-electron chi connectivity index (χ4n) is 1.85. The predicted molar refractivity (Wildman–Crippen MR) is 89.0 cm³/mol. The molecular weight excluding hydrogens is 331 g/mol. The highest BCUT2D eigenvalue weighted by molar-refractivity contribution is 5.94. The molecular formula is C15H23ClF3N3O. The lowest BCUT2D eigenvalue weighted by Gasteiger charge is -2.16. The van der Waals surface area contributed by atoms with Crippen LogP contribution in [0.1, 0.15) is 38.2 Å². The molecule has 0 aliphatic rings. The third kappa shape index (κ3) is 7.56. The van der Waals surface area contributed by atoms with Gasteiger partial charge in [-0.3, -0.25) is 4.79 Å². The second kappa shape index (κ2) is 10.3. The Labute approximate surface area is 140 Å². The molecule has 1 rings (SSSR count). The number of nitrogens with two attached hydrogens (primary N) is 1. The van der Waals surface area contributed by atoms with Crippen LogP contribution in [0, 0.1) is 0 Å². The molecule has 0 aliphatic carbocycles. The molecule has 132 valence electrons. The standard InChI is InChI=1S/C15H22F3N3O.ClH/c1-2-3-9-20-12-7-6-11(15(16,17)18)10-13(12)21-14(22)5-4-8-19;/h6-7,10,20H,2-5,8-9,19H2,1H3,(H,21,22);1H. The third-order valence-electron chi connectivity index (χ3n) is 3.07. The van der Waals surface area contributed by atoms with E-state index in [4.69, 9.17) is 5.73 Å². The van der Waals surface area contributed by atoms with Crippen molar-refractivity contribution in [1.82, 2.24) is 0 Å².